The maximum Gasteiger partial charge on any atom is 0.220 e. The first kappa shape index (κ1) is 23.0. The number of hydrogen-bond acceptors (Lipinski definition) is 1. The van der Waals surface area contributed by atoms with Gasteiger partial charge in [-0.05, 0) is 50.5 Å². The van der Waals surface area contributed by atoms with Gasteiger partial charge in [0.1, 0.15) is 0 Å². The maximum absolute atomic E-state index is 11.7. The van der Waals surface area contributed by atoms with Crippen molar-refractivity contribution in [1.82, 2.24) is 0 Å². The van der Waals surface area contributed by atoms with Crippen molar-refractivity contribution in [2.24, 2.45) is 11.7 Å². The van der Waals surface area contributed by atoms with Crippen molar-refractivity contribution in [3.8, 4) is 0 Å². The van der Waals surface area contributed by atoms with Gasteiger partial charge < -0.3 is 5.73 Å². The van der Waals surface area contributed by atoms with Crippen LogP contribution < -0.4 is 5.73 Å². The predicted molar refractivity (Wildman–Crippen MR) is 117 cm³/mol. The summed E-state index contributed by atoms with van der Waals surface area (Å²) in [5.41, 5.74) is 6.78. The highest BCUT2D eigenvalue weighted by molar-refractivity contribution is 5.76. The lowest BCUT2D eigenvalue weighted by atomic mass is 9.93. The van der Waals surface area contributed by atoms with Gasteiger partial charge in [0.2, 0.25) is 5.91 Å². The first-order valence-electron chi connectivity index (χ1n) is 10.5. The SMILES string of the molecule is CC/C=C\C/C=C\C/C=C\CCCCCCC(Cc1ccccc1)C(N)=O. The molecule has 0 saturated carbocycles. The summed E-state index contributed by atoms with van der Waals surface area (Å²) in [5.74, 6) is -0.203. The van der Waals surface area contributed by atoms with E-state index in [9.17, 15) is 4.79 Å². The van der Waals surface area contributed by atoms with Gasteiger partial charge in [-0.3, -0.25) is 4.79 Å². The van der Waals surface area contributed by atoms with E-state index in [0.717, 1.165) is 44.9 Å². The van der Waals surface area contributed by atoms with Crippen LogP contribution in [0.25, 0.3) is 0 Å². The molecular formula is C25H37NO. The lowest BCUT2D eigenvalue weighted by molar-refractivity contribution is -0.122. The third-order valence-electron chi connectivity index (χ3n) is 4.68. The molecule has 148 valence electrons. The van der Waals surface area contributed by atoms with Crippen LogP contribution in [-0.2, 0) is 11.2 Å². The second-order valence-electron chi connectivity index (χ2n) is 7.07. The predicted octanol–water partition coefficient (Wildman–Crippen LogP) is 6.53. The number of nitrogens with two attached hydrogens (primary N) is 1. The van der Waals surface area contributed by atoms with Crippen LogP contribution in [0.3, 0.4) is 0 Å². The topological polar surface area (TPSA) is 43.1 Å². The van der Waals surface area contributed by atoms with Crippen molar-refractivity contribution in [3.63, 3.8) is 0 Å². The first-order chi connectivity index (χ1) is 13.2. The van der Waals surface area contributed by atoms with Crippen LogP contribution in [0.5, 0.6) is 0 Å². The highest BCUT2D eigenvalue weighted by atomic mass is 16.1. The van der Waals surface area contributed by atoms with Gasteiger partial charge in [-0.2, -0.15) is 0 Å². The van der Waals surface area contributed by atoms with Crippen LogP contribution in [0.15, 0.2) is 66.8 Å². The Labute approximate surface area is 166 Å². The zero-order valence-electron chi connectivity index (χ0n) is 17.0. The lowest BCUT2D eigenvalue weighted by Gasteiger charge is -2.13. The zero-order chi connectivity index (χ0) is 19.6. The van der Waals surface area contributed by atoms with E-state index in [1.54, 1.807) is 0 Å². The number of allylic oxidation sites excluding steroid dienone is 6. The van der Waals surface area contributed by atoms with Crippen molar-refractivity contribution in [1.29, 1.82) is 0 Å². The molecule has 1 atom stereocenters. The molecular weight excluding hydrogens is 330 g/mol. The third kappa shape index (κ3) is 12.8. The number of unbranched alkanes of at least 4 members (excludes halogenated alkanes) is 4. The molecule has 1 rings (SSSR count). The summed E-state index contributed by atoms with van der Waals surface area (Å²) < 4.78 is 0. The van der Waals surface area contributed by atoms with Crippen molar-refractivity contribution >= 4 is 5.91 Å². The normalized spacial score (nSPS) is 13.1. The van der Waals surface area contributed by atoms with Crippen LogP contribution in [0.1, 0.15) is 70.3 Å². The summed E-state index contributed by atoms with van der Waals surface area (Å²) >= 11 is 0. The summed E-state index contributed by atoms with van der Waals surface area (Å²) in [4.78, 5) is 11.7. The van der Waals surface area contributed by atoms with E-state index < -0.39 is 0 Å². The minimum Gasteiger partial charge on any atom is -0.369 e. The standard InChI is InChI=1S/C25H37NO/c1-2-3-4-5-6-7-8-9-10-11-12-13-14-18-21-24(25(26)27)22-23-19-16-15-17-20-23/h3-4,6-7,9-10,15-17,19-20,24H,2,5,8,11-14,18,21-22H2,1H3,(H2,26,27)/b4-3-,7-6-,10-9-. The molecule has 0 bridgehead atoms. The summed E-state index contributed by atoms with van der Waals surface area (Å²) in [5, 5.41) is 0. The molecule has 1 aromatic rings. The fraction of sp³-hybridized carbons (Fsp3) is 0.480. The molecule has 0 aliphatic carbocycles. The largest absolute Gasteiger partial charge is 0.369 e. The van der Waals surface area contributed by atoms with Crippen LogP contribution in [0.4, 0.5) is 0 Å². The third-order valence-corrected chi connectivity index (χ3v) is 4.68. The molecule has 0 radical (unpaired) electrons. The Morgan fingerprint density at radius 3 is 2.19 bits per heavy atom. The lowest BCUT2D eigenvalue weighted by Crippen LogP contribution is -2.25. The maximum atomic E-state index is 11.7. The summed E-state index contributed by atoms with van der Waals surface area (Å²) in [7, 11) is 0. The molecule has 2 N–H and O–H groups in total. The summed E-state index contributed by atoms with van der Waals surface area (Å²) in [6.07, 6.45) is 24.1. The number of hydrogen-bond donors (Lipinski definition) is 1. The molecule has 2 heteroatoms. The molecule has 0 aliphatic heterocycles. The van der Waals surface area contributed by atoms with Gasteiger partial charge in [0, 0.05) is 5.92 Å². The van der Waals surface area contributed by atoms with Gasteiger partial charge in [0.15, 0.2) is 0 Å². The van der Waals surface area contributed by atoms with E-state index in [1.165, 1.54) is 24.8 Å². The minimum atomic E-state index is -0.167. The average Bonchev–Trinajstić information content (AvgIpc) is 2.68. The van der Waals surface area contributed by atoms with Crippen molar-refractivity contribution in [2.75, 3.05) is 0 Å². The Morgan fingerprint density at radius 2 is 1.52 bits per heavy atom. The number of rotatable bonds is 15. The minimum absolute atomic E-state index is 0.0359. The fourth-order valence-corrected chi connectivity index (χ4v) is 3.08. The van der Waals surface area contributed by atoms with Crippen LogP contribution in [0, 0.1) is 5.92 Å². The number of carbonyl (C=O) groups is 1. The van der Waals surface area contributed by atoms with Crippen LogP contribution >= 0.6 is 0 Å². The van der Waals surface area contributed by atoms with Crippen molar-refractivity contribution < 1.29 is 4.79 Å². The molecule has 0 aromatic heterocycles. The molecule has 2 nitrogen and oxygen atoms in total. The van der Waals surface area contributed by atoms with Crippen LogP contribution in [-0.4, -0.2) is 5.91 Å². The number of amides is 1. The number of carbonyl (C=O) groups excluding carboxylic acids is 1. The van der Waals surface area contributed by atoms with Gasteiger partial charge in [0.05, 0.1) is 0 Å². The molecule has 1 unspecified atom stereocenters. The van der Waals surface area contributed by atoms with E-state index in [2.05, 4.69) is 55.5 Å². The molecule has 1 aromatic carbocycles. The molecule has 1 amide bonds. The molecule has 0 aliphatic rings. The smallest absolute Gasteiger partial charge is 0.220 e. The fourth-order valence-electron chi connectivity index (χ4n) is 3.08. The van der Waals surface area contributed by atoms with Crippen molar-refractivity contribution in [2.45, 2.75) is 71.1 Å². The van der Waals surface area contributed by atoms with Crippen molar-refractivity contribution in [3.05, 3.63) is 72.4 Å². The van der Waals surface area contributed by atoms with E-state index in [0.29, 0.717) is 0 Å². The monoisotopic (exact) mass is 367 g/mol. The van der Waals surface area contributed by atoms with E-state index in [4.69, 9.17) is 5.73 Å². The zero-order valence-corrected chi connectivity index (χ0v) is 17.0. The number of benzene rings is 1. The quantitative estimate of drug-likeness (QED) is 0.278. The van der Waals surface area contributed by atoms with E-state index >= 15 is 0 Å². The average molecular weight is 368 g/mol. The molecule has 0 heterocycles. The van der Waals surface area contributed by atoms with Gasteiger partial charge in [-0.15, -0.1) is 0 Å². The second kappa shape index (κ2) is 16.1. The van der Waals surface area contributed by atoms with Gasteiger partial charge >= 0.3 is 0 Å². The molecule has 0 fully saturated rings. The highest BCUT2D eigenvalue weighted by Crippen LogP contribution is 2.16. The Balaban J connectivity index is 2.05. The second-order valence-corrected chi connectivity index (χ2v) is 7.07. The van der Waals surface area contributed by atoms with Gasteiger partial charge in [0.25, 0.3) is 0 Å². The highest BCUT2D eigenvalue weighted by Gasteiger charge is 2.15. The molecule has 0 spiro atoms. The van der Waals surface area contributed by atoms with Gasteiger partial charge in [-0.25, -0.2) is 0 Å². The molecule has 0 saturated heterocycles. The van der Waals surface area contributed by atoms with Crippen LogP contribution in [0.2, 0.25) is 0 Å². The first-order valence-corrected chi connectivity index (χ1v) is 10.5. The molecule has 27 heavy (non-hydrogen) atoms. The summed E-state index contributed by atoms with van der Waals surface area (Å²) in [6, 6.07) is 10.2. The Hall–Kier alpha value is -2.09. The van der Waals surface area contributed by atoms with E-state index in [-0.39, 0.29) is 11.8 Å². The number of primary amides is 1. The van der Waals surface area contributed by atoms with E-state index in [1.807, 2.05) is 18.2 Å². The summed E-state index contributed by atoms with van der Waals surface area (Å²) in [6.45, 7) is 2.16. The Bertz CT molecular complexity index is 571. The van der Waals surface area contributed by atoms with Gasteiger partial charge in [-0.1, -0.05) is 93.0 Å². The Kier molecular flexibility index (Phi) is 13.7. The Morgan fingerprint density at radius 1 is 0.889 bits per heavy atom.